The molecular weight excluding hydrogens is 170 g/mol. The predicted molar refractivity (Wildman–Crippen MR) is 52.3 cm³/mol. The van der Waals surface area contributed by atoms with Gasteiger partial charge < -0.3 is 5.21 Å². The second kappa shape index (κ2) is 4.26. The van der Waals surface area contributed by atoms with E-state index in [0.29, 0.717) is 0 Å². The van der Waals surface area contributed by atoms with Crippen molar-refractivity contribution < 1.29 is 5.21 Å². The third kappa shape index (κ3) is 2.08. The second-order valence-corrected chi connectivity index (χ2v) is 3.70. The monoisotopic (exact) mass is 183 g/mol. The van der Waals surface area contributed by atoms with Gasteiger partial charge in [0.05, 0.1) is 10.6 Å². The van der Waals surface area contributed by atoms with Crippen molar-refractivity contribution in [2.45, 2.75) is 26.7 Å². The summed E-state index contributed by atoms with van der Waals surface area (Å²) in [4.78, 5) is 1.08. The van der Waals surface area contributed by atoms with Crippen molar-refractivity contribution in [3.05, 3.63) is 21.9 Å². The Morgan fingerprint density at radius 3 is 2.83 bits per heavy atom. The van der Waals surface area contributed by atoms with Crippen LogP contribution in [0.5, 0.6) is 0 Å². The molecule has 2 nitrogen and oxygen atoms in total. The van der Waals surface area contributed by atoms with Gasteiger partial charge in [-0.3, -0.25) is 0 Å². The van der Waals surface area contributed by atoms with Crippen LogP contribution >= 0.6 is 11.3 Å². The van der Waals surface area contributed by atoms with Gasteiger partial charge in [-0.15, -0.1) is 11.3 Å². The van der Waals surface area contributed by atoms with Gasteiger partial charge in [-0.05, 0) is 30.4 Å². The Kier molecular flexibility index (Phi) is 3.29. The minimum absolute atomic E-state index is 0.801. The highest BCUT2D eigenvalue weighted by Gasteiger charge is 2.04. The Labute approximate surface area is 76.5 Å². The Morgan fingerprint density at radius 1 is 1.67 bits per heavy atom. The molecule has 0 aliphatic carbocycles. The molecule has 3 heteroatoms. The SMILES string of the molecule is CCCC(=NO)c1cc(C)cs1. The van der Waals surface area contributed by atoms with Crippen LogP contribution in [0.15, 0.2) is 16.6 Å². The zero-order chi connectivity index (χ0) is 8.97. The first-order valence-corrected chi connectivity index (χ1v) is 4.92. The number of aryl methyl sites for hydroxylation is 1. The van der Waals surface area contributed by atoms with Gasteiger partial charge in [0.1, 0.15) is 0 Å². The number of rotatable bonds is 3. The number of hydrogen-bond donors (Lipinski definition) is 1. The van der Waals surface area contributed by atoms with Gasteiger partial charge in [-0.2, -0.15) is 0 Å². The molecule has 0 aliphatic heterocycles. The lowest BCUT2D eigenvalue weighted by molar-refractivity contribution is 0.318. The van der Waals surface area contributed by atoms with Crippen molar-refractivity contribution in [2.24, 2.45) is 5.16 Å². The van der Waals surface area contributed by atoms with E-state index in [1.165, 1.54) is 5.56 Å². The molecule has 0 radical (unpaired) electrons. The summed E-state index contributed by atoms with van der Waals surface area (Å²) in [5, 5.41) is 14.1. The lowest BCUT2D eigenvalue weighted by Crippen LogP contribution is -1.96. The molecule has 0 aliphatic rings. The van der Waals surface area contributed by atoms with E-state index >= 15 is 0 Å². The van der Waals surface area contributed by atoms with Gasteiger partial charge in [0.2, 0.25) is 0 Å². The fraction of sp³-hybridized carbons (Fsp3) is 0.444. The van der Waals surface area contributed by atoms with Crippen molar-refractivity contribution in [3.8, 4) is 0 Å². The molecule has 0 amide bonds. The largest absolute Gasteiger partial charge is 0.411 e. The molecule has 1 aromatic heterocycles. The van der Waals surface area contributed by atoms with Crippen LogP contribution in [0, 0.1) is 6.92 Å². The van der Waals surface area contributed by atoms with Crippen LogP contribution in [0.3, 0.4) is 0 Å². The summed E-state index contributed by atoms with van der Waals surface area (Å²) >= 11 is 1.63. The van der Waals surface area contributed by atoms with Crippen LogP contribution in [0.4, 0.5) is 0 Å². The number of oxime groups is 1. The van der Waals surface area contributed by atoms with E-state index in [-0.39, 0.29) is 0 Å². The van der Waals surface area contributed by atoms with Gasteiger partial charge in [-0.1, -0.05) is 18.5 Å². The average molecular weight is 183 g/mol. The lowest BCUT2D eigenvalue weighted by Gasteiger charge is -1.96. The summed E-state index contributed by atoms with van der Waals surface area (Å²) in [5.74, 6) is 0. The summed E-state index contributed by atoms with van der Waals surface area (Å²) in [5.41, 5.74) is 2.03. The normalized spacial score (nSPS) is 12.0. The maximum Gasteiger partial charge on any atom is 0.0967 e. The van der Waals surface area contributed by atoms with E-state index in [1.807, 2.05) is 6.92 Å². The predicted octanol–water partition coefficient (Wildman–Crippen LogP) is 3.03. The van der Waals surface area contributed by atoms with Crippen LogP contribution in [0.25, 0.3) is 0 Å². The first-order valence-electron chi connectivity index (χ1n) is 4.04. The van der Waals surface area contributed by atoms with Crippen LogP contribution in [0.2, 0.25) is 0 Å². The summed E-state index contributed by atoms with van der Waals surface area (Å²) < 4.78 is 0. The Balaban J connectivity index is 2.81. The van der Waals surface area contributed by atoms with Gasteiger partial charge >= 0.3 is 0 Å². The van der Waals surface area contributed by atoms with E-state index in [1.54, 1.807) is 11.3 Å². The minimum atomic E-state index is 0.801. The number of nitrogens with zero attached hydrogens (tertiary/aromatic N) is 1. The van der Waals surface area contributed by atoms with Crippen LogP contribution < -0.4 is 0 Å². The maximum absolute atomic E-state index is 8.71. The molecule has 0 saturated heterocycles. The number of thiophene rings is 1. The van der Waals surface area contributed by atoms with E-state index in [9.17, 15) is 0 Å². The smallest absolute Gasteiger partial charge is 0.0967 e. The van der Waals surface area contributed by atoms with Gasteiger partial charge in [-0.25, -0.2) is 0 Å². The minimum Gasteiger partial charge on any atom is -0.411 e. The number of hydrogen-bond acceptors (Lipinski definition) is 3. The quantitative estimate of drug-likeness (QED) is 0.436. The topological polar surface area (TPSA) is 32.6 Å². The average Bonchev–Trinajstić information content (AvgIpc) is 2.47. The third-order valence-electron chi connectivity index (χ3n) is 1.62. The van der Waals surface area contributed by atoms with E-state index < -0.39 is 0 Å². The zero-order valence-electron chi connectivity index (χ0n) is 7.37. The summed E-state index contributed by atoms with van der Waals surface area (Å²) in [7, 11) is 0. The van der Waals surface area contributed by atoms with Gasteiger partial charge in [0.15, 0.2) is 0 Å². The molecule has 0 bridgehead atoms. The van der Waals surface area contributed by atoms with Crippen LogP contribution in [0.1, 0.15) is 30.2 Å². The van der Waals surface area contributed by atoms with Crippen molar-refractivity contribution in [1.29, 1.82) is 0 Å². The fourth-order valence-corrected chi connectivity index (χ4v) is 1.96. The molecule has 0 atom stereocenters. The highest BCUT2D eigenvalue weighted by molar-refractivity contribution is 7.12. The lowest BCUT2D eigenvalue weighted by atomic mass is 10.2. The Hall–Kier alpha value is -0.830. The molecule has 0 saturated carbocycles. The highest BCUT2D eigenvalue weighted by atomic mass is 32.1. The van der Waals surface area contributed by atoms with Gasteiger partial charge in [0.25, 0.3) is 0 Å². The molecule has 0 unspecified atom stereocenters. The standard InChI is InChI=1S/C9H13NOS/c1-3-4-8(10-11)9-5-7(2)6-12-9/h5-6,11H,3-4H2,1-2H3. The molecule has 0 aromatic carbocycles. The molecular formula is C9H13NOS. The molecule has 1 rings (SSSR count). The van der Waals surface area contributed by atoms with Crippen molar-refractivity contribution in [3.63, 3.8) is 0 Å². The summed E-state index contributed by atoms with van der Waals surface area (Å²) in [6, 6.07) is 2.05. The maximum atomic E-state index is 8.71. The Bertz CT molecular complexity index is 278. The third-order valence-corrected chi connectivity index (χ3v) is 2.72. The zero-order valence-corrected chi connectivity index (χ0v) is 8.19. The van der Waals surface area contributed by atoms with Crippen LogP contribution in [-0.2, 0) is 0 Å². The summed E-state index contributed by atoms with van der Waals surface area (Å²) in [6.07, 6.45) is 1.85. The fourth-order valence-electron chi connectivity index (χ4n) is 1.04. The molecule has 66 valence electrons. The molecule has 1 heterocycles. The molecule has 1 aromatic rings. The molecule has 0 fully saturated rings. The van der Waals surface area contributed by atoms with E-state index in [4.69, 9.17) is 5.21 Å². The second-order valence-electron chi connectivity index (χ2n) is 2.79. The van der Waals surface area contributed by atoms with Crippen molar-refractivity contribution in [2.75, 3.05) is 0 Å². The van der Waals surface area contributed by atoms with Crippen molar-refractivity contribution in [1.82, 2.24) is 0 Å². The Morgan fingerprint density at radius 2 is 2.42 bits per heavy atom. The highest BCUT2D eigenvalue weighted by Crippen LogP contribution is 2.16. The van der Waals surface area contributed by atoms with E-state index in [2.05, 4.69) is 23.5 Å². The molecule has 1 N–H and O–H groups in total. The first kappa shape index (κ1) is 9.26. The molecule has 12 heavy (non-hydrogen) atoms. The van der Waals surface area contributed by atoms with E-state index in [0.717, 1.165) is 23.4 Å². The molecule has 0 spiro atoms. The van der Waals surface area contributed by atoms with Crippen molar-refractivity contribution >= 4 is 17.0 Å². The van der Waals surface area contributed by atoms with Crippen LogP contribution in [-0.4, -0.2) is 10.9 Å². The summed E-state index contributed by atoms with van der Waals surface area (Å²) in [6.45, 7) is 4.12. The first-order chi connectivity index (χ1) is 5.77. The van der Waals surface area contributed by atoms with Gasteiger partial charge in [0, 0.05) is 0 Å².